The number of fused-ring (bicyclic) bond motifs is 3. The van der Waals surface area contributed by atoms with Gasteiger partial charge in [0.25, 0.3) is 17.9 Å². The molecule has 2 aliphatic rings. The van der Waals surface area contributed by atoms with Crippen LogP contribution in [0, 0.1) is 0 Å². The molecule has 0 saturated carbocycles. The molecule has 0 radical (unpaired) electrons. The Kier molecular flexibility index (Phi) is 6.46. The molecule has 8 nitrogen and oxygen atoms in total. The zero-order chi connectivity index (χ0) is 24.5. The van der Waals surface area contributed by atoms with E-state index in [2.05, 4.69) is 20.2 Å². The van der Waals surface area contributed by atoms with Crippen LogP contribution < -0.4 is 15.8 Å². The molecule has 4 heterocycles. The summed E-state index contributed by atoms with van der Waals surface area (Å²) in [6, 6.07) is 5.03. The van der Waals surface area contributed by atoms with E-state index in [-0.39, 0.29) is 16.9 Å². The first kappa shape index (κ1) is 23.3. The molecule has 3 aromatic rings. The van der Waals surface area contributed by atoms with E-state index in [4.69, 9.17) is 4.98 Å². The van der Waals surface area contributed by atoms with Gasteiger partial charge < -0.3 is 15.2 Å². The van der Waals surface area contributed by atoms with Crippen LogP contribution in [0.25, 0.3) is 11.0 Å². The second-order valence-electron chi connectivity index (χ2n) is 9.10. The first-order valence-electron chi connectivity index (χ1n) is 12.0. The summed E-state index contributed by atoms with van der Waals surface area (Å²) in [5.74, 6) is -0.492. The number of aryl methyl sites for hydroxylation is 1. The number of H-pyrrole nitrogens is 1. The van der Waals surface area contributed by atoms with Crippen LogP contribution in [0.15, 0.2) is 29.2 Å². The van der Waals surface area contributed by atoms with Crippen molar-refractivity contribution in [2.24, 2.45) is 0 Å². The highest BCUT2D eigenvalue weighted by molar-refractivity contribution is 5.92. The summed E-state index contributed by atoms with van der Waals surface area (Å²) >= 11 is 0. The Bertz CT molecular complexity index is 1320. The van der Waals surface area contributed by atoms with Crippen LogP contribution in [0.5, 0.6) is 0 Å². The van der Waals surface area contributed by atoms with Gasteiger partial charge in [0.1, 0.15) is 11.4 Å². The Labute approximate surface area is 201 Å². The normalized spacial score (nSPS) is 16.5. The van der Waals surface area contributed by atoms with Gasteiger partial charge in [-0.1, -0.05) is 0 Å². The Morgan fingerprint density at radius 3 is 2.60 bits per heavy atom. The largest absolute Gasteiger partial charge is 0.367 e. The van der Waals surface area contributed by atoms with Gasteiger partial charge >= 0.3 is 0 Å². The summed E-state index contributed by atoms with van der Waals surface area (Å²) in [5, 5.41) is 2.41. The van der Waals surface area contributed by atoms with Crippen molar-refractivity contribution in [1.82, 2.24) is 25.2 Å². The number of anilines is 1. The third-order valence-corrected chi connectivity index (χ3v) is 6.91. The summed E-state index contributed by atoms with van der Waals surface area (Å²) in [5.41, 5.74) is 4.59. The van der Waals surface area contributed by atoms with E-state index in [1.54, 1.807) is 6.07 Å². The second kappa shape index (κ2) is 9.69. The lowest BCUT2D eigenvalue weighted by molar-refractivity contribution is 0.0956. The summed E-state index contributed by atoms with van der Waals surface area (Å²) in [7, 11) is 1.44. The number of carbonyl (C=O) groups is 1. The Hall–Kier alpha value is -3.40. The van der Waals surface area contributed by atoms with Crippen LogP contribution in [0.2, 0.25) is 0 Å². The predicted octanol–water partition coefficient (Wildman–Crippen LogP) is 2.82. The van der Waals surface area contributed by atoms with Crippen molar-refractivity contribution in [3.63, 3.8) is 0 Å². The molecule has 1 aliphatic carbocycles. The van der Waals surface area contributed by atoms with Crippen molar-refractivity contribution >= 4 is 22.6 Å². The molecule has 1 saturated heterocycles. The molecule has 35 heavy (non-hydrogen) atoms. The Balaban J connectivity index is 1.29. The highest BCUT2D eigenvalue weighted by Crippen LogP contribution is 2.30. The van der Waals surface area contributed by atoms with E-state index < -0.39 is 12.3 Å². The number of halogens is 2. The fraction of sp³-hybridized carbons (Fsp3) is 0.440. The molecule has 5 rings (SSSR count). The smallest absolute Gasteiger partial charge is 0.282 e. The lowest BCUT2D eigenvalue weighted by Gasteiger charge is -2.36. The van der Waals surface area contributed by atoms with Gasteiger partial charge in [0.15, 0.2) is 0 Å². The number of aromatic amines is 1. The predicted molar refractivity (Wildman–Crippen MR) is 129 cm³/mol. The standard InChI is InChI=1S/C25H28F2N6O2/c1-28-25(35)18-6-7-20(22(30-18)23(26)27)33-10-8-32(9-11-33)14-15-12-19-21(29-13-15)16-4-2-3-5-17(16)24(34)31-19/h6-7,12-13,23H,2-5,8-11,14H2,1H3,(H,28,35)(H,31,34). The van der Waals surface area contributed by atoms with Gasteiger partial charge in [-0.05, 0) is 55.0 Å². The quantitative estimate of drug-likeness (QED) is 0.581. The molecule has 0 aromatic carbocycles. The molecule has 1 amide bonds. The van der Waals surface area contributed by atoms with Crippen LogP contribution in [0.4, 0.5) is 14.5 Å². The zero-order valence-corrected chi connectivity index (χ0v) is 19.6. The van der Waals surface area contributed by atoms with Crippen LogP contribution in [-0.2, 0) is 19.4 Å². The van der Waals surface area contributed by atoms with E-state index in [1.165, 1.54) is 13.1 Å². The molecule has 1 aliphatic heterocycles. The number of carbonyl (C=O) groups excluding carboxylic acids is 1. The topological polar surface area (TPSA) is 94.2 Å². The number of alkyl halides is 2. The van der Waals surface area contributed by atoms with Crippen molar-refractivity contribution in [1.29, 1.82) is 0 Å². The maximum Gasteiger partial charge on any atom is 0.282 e. The third-order valence-electron chi connectivity index (χ3n) is 6.91. The van der Waals surface area contributed by atoms with Crippen molar-refractivity contribution in [3.05, 3.63) is 62.8 Å². The van der Waals surface area contributed by atoms with E-state index in [0.29, 0.717) is 38.4 Å². The number of hydrogen-bond acceptors (Lipinski definition) is 6. The molecule has 0 atom stereocenters. The molecule has 3 aromatic heterocycles. The number of hydrogen-bond donors (Lipinski definition) is 2. The van der Waals surface area contributed by atoms with Crippen molar-refractivity contribution < 1.29 is 13.6 Å². The van der Waals surface area contributed by atoms with Gasteiger partial charge in [0, 0.05) is 51.5 Å². The average molecular weight is 483 g/mol. The molecule has 0 spiro atoms. The van der Waals surface area contributed by atoms with E-state index in [9.17, 15) is 18.4 Å². The summed E-state index contributed by atoms with van der Waals surface area (Å²) in [6.07, 6.45) is 2.92. The molecular formula is C25H28F2N6O2. The first-order valence-corrected chi connectivity index (χ1v) is 12.0. The highest BCUT2D eigenvalue weighted by Gasteiger charge is 2.25. The SMILES string of the molecule is CNC(=O)c1ccc(N2CCN(Cc3cnc4c5c(c(=O)[nH]c4c3)CCCC5)CC2)c(C(F)F)n1. The molecule has 0 unspecified atom stereocenters. The minimum Gasteiger partial charge on any atom is -0.367 e. The number of rotatable bonds is 5. The van der Waals surface area contributed by atoms with Gasteiger partial charge in [-0.15, -0.1) is 0 Å². The molecular weight excluding hydrogens is 454 g/mol. The van der Waals surface area contributed by atoms with Crippen molar-refractivity contribution in [2.45, 2.75) is 38.7 Å². The third kappa shape index (κ3) is 4.62. The molecule has 1 fully saturated rings. The number of amides is 1. The molecule has 2 N–H and O–H groups in total. The van der Waals surface area contributed by atoms with Crippen LogP contribution in [0.1, 0.15) is 52.1 Å². The van der Waals surface area contributed by atoms with Gasteiger partial charge in [0.2, 0.25) is 0 Å². The summed E-state index contributed by atoms with van der Waals surface area (Å²) < 4.78 is 27.4. The maximum atomic E-state index is 13.7. The minimum atomic E-state index is -2.77. The van der Waals surface area contributed by atoms with E-state index in [1.807, 2.05) is 17.2 Å². The lowest BCUT2D eigenvalue weighted by Crippen LogP contribution is -2.46. The Morgan fingerprint density at radius 2 is 1.89 bits per heavy atom. The summed E-state index contributed by atoms with van der Waals surface area (Å²) in [6.45, 7) is 3.14. The van der Waals surface area contributed by atoms with E-state index >= 15 is 0 Å². The van der Waals surface area contributed by atoms with Gasteiger partial charge in [-0.25, -0.2) is 13.8 Å². The monoisotopic (exact) mass is 482 g/mol. The average Bonchev–Trinajstić information content (AvgIpc) is 2.88. The fourth-order valence-corrected chi connectivity index (χ4v) is 5.10. The van der Waals surface area contributed by atoms with Gasteiger partial charge in [0.05, 0.1) is 16.7 Å². The van der Waals surface area contributed by atoms with Crippen LogP contribution in [0.3, 0.4) is 0 Å². The summed E-state index contributed by atoms with van der Waals surface area (Å²) in [4.78, 5) is 40.1. The molecule has 0 bridgehead atoms. The van der Waals surface area contributed by atoms with Gasteiger partial charge in [-0.3, -0.25) is 19.5 Å². The number of aromatic nitrogens is 3. The van der Waals surface area contributed by atoms with E-state index in [0.717, 1.165) is 53.4 Å². The van der Waals surface area contributed by atoms with Crippen molar-refractivity contribution in [3.8, 4) is 0 Å². The number of nitrogens with zero attached hydrogens (tertiary/aromatic N) is 4. The van der Waals surface area contributed by atoms with Gasteiger partial charge in [-0.2, -0.15) is 0 Å². The molecule has 184 valence electrons. The number of nitrogens with one attached hydrogen (secondary N) is 2. The number of piperazine rings is 1. The van der Waals surface area contributed by atoms with Crippen LogP contribution in [-0.4, -0.2) is 59.0 Å². The Morgan fingerprint density at radius 1 is 1.14 bits per heavy atom. The zero-order valence-electron chi connectivity index (χ0n) is 19.6. The minimum absolute atomic E-state index is 0.00866. The number of pyridine rings is 3. The fourth-order valence-electron chi connectivity index (χ4n) is 5.10. The highest BCUT2D eigenvalue weighted by atomic mass is 19.3. The first-order chi connectivity index (χ1) is 16.9. The second-order valence-corrected chi connectivity index (χ2v) is 9.10. The lowest BCUT2D eigenvalue weighted by atomic mass is 9.91. The maximum absolute atomic E-state index is 13.7. The molecule has 10 heteroatoms. The van der Waals surface area contributed by atoms with Crippen LogP contribution >= 0.6 is 0 Å². The van der Waals surface area contributed by atoms with Crippen molar-refractivity contribution in [2.75, 3.05) is 38.1 Å².